The van der Waals surface area contributed by atoms with Crippen molar-refractivity contribution in [3.8, 4) is 0 Å². The van der Waals surface area contributed by atoms with Crippen LogP contribution in [0.3, 0.4) is 0 Å². The molecule has 0 bridgehead atoms. The van der Waals surface area contributed by atoms with Crippen molar-refractivity contribution < 1.29 is 4.79 Å². The van der Waals surface area contributed by atoms with Crippen LogP contribution in [0.5, 0.6) is 0 Å². The molecule has 0 atom stereocenters. The maximum Gasteiger partial charge on any atom is 0.232 e. The Kier molecular flexibility index (Phi) is 5.48. The fourth-order valence-corrected chi connectivity index (χ4v) is 3.35. The molecule has 0 saturated heterocycles. The molecule has 1 fully saturated rings. The molecule has 0 spiro atoms. The molecule has 2 aromatic heterocycles. The first-order chi connectivity index (χ1) is 14.0. The number of hydrogen-bond acceptors (Lipinski definition) is 7. The van der Waals surface area contributed by atoms with E-state index >= 15 is 0 Å². The van der Waals surface area contributed by atoms with Crippen molar-refractivity contribution >= 4 is 35.1 Å². The molecule has 1 aromatic carbocycles. The average molecular weight is 410 g/mol. The largest absolute Gasteiger partial charge is 0.326 e. The number of carbonyl (C=O) groups excluding carboxylic acids is 1. The van der Waals surface area contributed by atoms with E-state index in [9.17, 15) is 4.79 Å². The summed E-state index contributed by atoms with van der Waals surface area (Å²) in [4.78, 5) is 26.5. The van der Waals surface area contributed by atoms with Crippen LogP contribution in [0.1, 0.15) is 44.1 Å². The zero-order valence-corrected chi connectivity index (χ0v) is 17.4. The molecule has 0 aliphatic heterocycles. The van der Waals surface area contributed by atoms with Gasteiger partial charge in [-0.1, -0.05) is 13.8 Å². The molecule has 1 aliphatic carbocycles. The number of benzene rings is 1. The lowest BCUT2D eigenvalue weighted by molar-refractivity contribution is -0.118. The molecule has 150 valence electrons. The normalized spacial score (nSPS) is 13.5. The summed E-state index contributed by atoms with van der Waals surface area (Å²) in [6.07, 6.45) is 2.22. The van der Waals surface area contributed by atoms with Gasteiger partial charge in [0.1, 0.15) is 5.82 Å². The Morgan fingerprint density at radius 2 is 1.93 bits per heavy atom. The molecule has 29 heavy (non-hydrogen) atoms. The third kappa shape index (κ3) is 5.11. The highest BCUT2D eigenvalue weighted by atomic mass is 32.2. The molecule has 0 radical (unpaired) electrons. The van der Waals surface area contributed by atoms with Crippen LogP contribution in [-0.4, -0.2) is 31.1 Å². The van der Waals surface area contributed by atoms with Gasteiger partial charge in [0, 0.05) is 34.2 Å². The summed E-state index contributed by atoms with van der Waals surface area (Å²) in [5.74, 6) is 2.35. The summed E-state index contributed by atoms with van der Waals surface area (Å²) in [7, 11) is 0. The molecule has 4 rings (SSSR count). The number of H-pyrrole nitrogens is 1. The van der Waals surface area contributed by atoms with E-state index in [-0.39, 0.29) is 11.8 Å². The van der Waals surface area contributed by atoms with Crippen molar-refractivity contribution in [3.05, 3.63) is 41.9 Å². The fourth-order valence-electron chi connectivity index (χ4n) is 2.59. The van der Waals surface area contributed by atoms with Gasteiger partial charge in [-0.3, -0.25) is 9.89 Å². The summed E-state index contributed by atoms with van der Waals surface area (Å²) < 4.78 is 0. The Morgan fingerprint density at radius 3 is 2.55 bits per heavy atom. The van der Waals surface area contributed by atoms with Gasteiger partial charge < -0.3 is 10.6 Å². The second-order valence-electron chi connectivity index (χ2n) is 7.41. The van der Waals surface area contributed by atoms with Crippen LogP contribution >= 0.6 is 11.8 Å². The minimum Gasteiger partial charge on any atom is -0.326 e. The van der Waals surface area contributed by atoms with Gasteiger partial charge in [0.15, 0.2) is 11.0 Å². The smallest absolute Gasteiger partial charge is 0.232 e. The van der Waals surface area contributed by atoms with Gasteiger partial charge in [0.2, 0.25) is 11.9 Å². The van der Waals surface area contributed by atoms with Gasteiger partial charge in [-0.05, 0) is 55.8 Å². The van der Waals surface area contributed by atoms with E-state index in [0.717, 1.165) is 34.9 Å². The van der Waals surface area contributed by atoms with Crippen LogP contribution in [0.4, 0.5) is 17.5 Å². The van der Waals surface area contributed by atoms with Crippen molar-refractivity contribution in [2.24, 2.45) is 5.92 Å². The SMILES string of the molecule is Cc1cc(Nc2nc(Sc3ccc(NC(=O)C(C)C)cc3)nc(C3CC3)n2)n[nH]1. The Hall–Kier alpha value is -2.94. The Labute approximate surface area is 173 Å². The molecule has 3 aromatic rings. The summed E-state index contributed by atoms with van der Waals surface area (Å²) in [6.45, 7) is 5.68. The number of carbonyl (C=O) groups is 1. The first-order valence-electron chi connectivity index (χ1n) is 9.60. The lowest BCUT2D eigenvalue weighted by atomic mass is 10.2. The minimum absolute atomic E-state index is 0.00117. The van der Waals surface area contributed by atoms with E-state index in [4.69, 9.17) is 0 Å². The van der Waals surface area contributed by atoms with Crippen LogP contribution in [0.2, 0.25) is 0 Å². The van der Waals surface area contributed by atoms with Crippen molar-refractivity contribution in [1.29, 1.82) is 0 Å². The molecule has 0 unspecified atom stereocenters. The zero-order chi connectivity index (χ0) is 20.4. The first-order valence-corrected chi connectivity index (χ1v) is 10.4. The summed E-state index contributed by atoms with van der Waals surface area (Å²) >= 11 is 1.47. The van der Waals surface area contributed by atoms with Gasteiger partial charge in [-0.15, -0.1) is 0 Å². The molecule has 1 aliphatic rings. The minimum atomic E-state index is -0.0562. The third-order valence-electron chi connectivity index (χ3n) is 4.38. The predicted octanol–water partition coefficient (Wildman–Crippen LogP) is 4.27. The van der Waals surface area contributed by atoms with Gasteiger partial charge in [0.25, 0.3) is 0 Å². The number of aryl methyl sites for hydroxylation is 1. The highest BCUT2D eigenvalue weighted by molar-refractivity contribution is 7.99. The van der Waals surface area contributed by atoms with E-state index in [0.29, 0.717) is 22.8 Å². The van der Waals surface area contributed by atoms with E-state index in [1.165, 1.54) is 11.8 Å². The number of hydrogen-bond donors (Lipinski definition) is 3. The first kappa shape index (κ1) is 19.4. The summed E-state index contributed by atoms with van der Waals surface area (Å²) in [5, 5.41) is 13.8. The third-order valence-corrected chi connectivity index (χ3v) is 5.25. The van der Waals surface area contributed by atoms with E-state index in [1.807, 2.05) is 51.1 Å². The number of aromatic nitrogens is 5. The molecule has 9 heteroatoms. The monoisotopic (exact) mass is 409 g/mol. The Morgan fingerprint density at radius 1 is 1.17 bits per heavy atom. The van der Waals surface area contributed by atoms with Gasteiger partial charge in [0.05, 0.1) is 0 Å². The topological polar surface area (TPSA) is 108 Å². The number of rotatable bonds is 7. The van der Waals surface area contributed by atoms with Crippen molar-refractivity contribution in [2.75, 3.05) is 10.6 Å². The van der Waals surface area contributed by atoms with Crippen LogP contribution in [-0.2, 0) is 4.79 Å². The fraction of sp³-hybridized carbons (Fsp3) is 0.350. The van der Waals surface area contributed by atoms with E-state index in [1.54, 1.807) is 0 Å². The van der Waals surface area contributed by atoms with Crippen LogP contribution in [0, 0.1) is 12.8 Å². The zero-order valence-electron chi connectivity index (χ0n) is 16.6. The van der Waals surface area contributed by atoms with Crippen molar-refractivity contribution in [3.63, 3.8) is 0 Å². The van der Waals surface area contributed by atoms with E-state index < -0.39 is 0 Å². The summed E-state index contributed by atoms with van der Waals surface area (Å²) in [6, 6.07) is 9.57. The van der Waals surface area contributed by atoms with E-state index in [2.05, 4.69) is 35.8 Å². The number of anilines is 3. The number of aromatic amines is 1. The van der Waals surface area contributed by atoms with Crippen LogP contribution < -0.4 is 10.6 Å². The predicted molar refractivity (Wildman–Crippen MR) is 112 cm³/mol. The number of nitrogens with one attached hydrogen (secondary N) is 3. The molecule has 1 amide bonds. The average Bonchev–Trinajstić information content (AvgIpc) is 3.46. The molecule has 1 saturated carbocycles. The number of nitrogens with zero attached hydrogens (tertiary/aromatic N) is 4. The quantitative estimate of drug-likeness (QED) is 0.535. The molecule has 3 N–H and O–H groups in total. The van der Waals surface area contributed by atoms with Gasteiger partial charge >= 0.3 is 0 Å². The molecular formula is C20H23N7OS. The van der Waals surface area contributed by atoms with Crippen LogP contribution in [0.15, 0.2) is 40.4 Å². The Bertz CT molecular complexity index is 1010. The highest BCUT2D eigenvalue weighted by Gasteiger charge is 2.28. The molecular weight excluding hydrogens is 386 g/mol. The standard InChI is InChI=1S/C20H23N7OS/c1-11(2)18(28)21-14-6-8-15(9-7-14)29-20-24-17(13-4-5-13)23-19(25-20)22-16-10-12(3)26-27-16/h6-11,13H,4-5H2,1-3H3,(H,21,28)(H2,22,23,24,25,26,27). The lowest BCUT2D eigenvalue weighted by Crippen LogP contribution is -2.17. The Balaban J connectivity index is 1.50. The second-order valence-corrected chi connectivity index (χ2v) is 8.45. The van der Waals surface area contributed by atoms with Crippen molar-refractivity contribution in [2.45, 2.75) is 49.6 Å². The number of amides is 1. The summed E-state index contributed by atoms with van der Waals surface area (Å²) in [5.41, 5.74) is 1.74. The molecule has 8 nitrogen and oxygen atoms in total. The second kappa shape index (κ2) is 8.20. The highest BCUT2D eigenvalue weighted by Crippen LogP contribution is 2.39. The van der Waals surface area contributed by atoms with Gasteiger partial charge in [-0.2, -0.15) is 15.1 Å². The molecule has 2 heterocycles. The van der Waals surface area contributed by atoms with Crippen molar-refractivity contribution in [1.82, 2.24) is 25.1 Å². The lowest BCUT2D eigenvalue weighted by Gasteiger charge is -2.09. The maximum atomic E-state index is 11.8. The van der Waals surface area contributed by atoms with Crippen LogP contribution in [0.25, 0.3) is 0 Å². The van der Waals surface area contributed by atoms with Gasteiger partial charge in [-0.25, -0.2) is 4.98 Å². The maximum absolute atomic E-state index is 11.8.